The first-order valence-corrected chi connectivity index (χ1v) is 11.7. The summed E-state index contributed by atoms with van der Waals surface area (Å²) in [4.78, 5) is 9.58. The van der Waals surface area contributed by atoms with Gasteiger partial charge < -0.3 is 4.42 Å². The fraction of sp³-hybridized carbons (Fsp3) is 0.0323. The highest BCUT2D eigenvalue weighted by Gasteiger charge is 2.21. The first kappa shape index (κ1) is 19.7. The van der Waals surface area contributed by atoms with Crippen molar-refractivity contribution in [3.63, 3.8) is 0 Å². The smallest absolute Gasteiger partial charge is 0.178 e. The molecule has 4 heteroatoms. The van der Waals surface area contributed by atoms with Crippen LogP contribution >= 0.6 is 0 Å². The summed E-state index contributed by atoms with van der Waals surface area (Å²) in [5, 5.41) is 2.17. The van der Waals surface area contributed by atoms with E-state index in [1.807, 2.05) is 36.5 Å². The summed E-state index contributed by atoms with van der Waals surface area (Å²) < 4.78 is 8.73. The zero-order chi connectivity index (χ0) is 23.4. The highest BCUT2D eigenvalue weighted by molar-refractivity contribution is 6.10. The summed E-state index contributed by atoms with van der Waals surface area (Å²) in [5.74, 6) is 0.820. The Balaban J connectivity index is 1.52. The SMILES string of the molecule is Cc1ccnc2nc(-c3cccc4c3oc3cc(-c5ccccc5)ccc34)n(-c3ccccc3)c12. The van der Waals surface area contributed by atoms with E-state index >= 15 is 0 Å². The second kappa shape index (κ2) is 7.67. The van der Waals surface area contributed by atoms with Crippen molar-refractivity contribution < 1.29 is 4.42 Å². The van der Waals surface area contributed by atoms with E-state index < -0.39 is 0 Å². The van der Waals surface area contributed by atoms with Crippen LogP contribution in [0.1, 0.15) is 5.56 Å². The van der Waals surface area contributed by atoms with Gasteiger partial charge in [-0.3, -0.25) is 4.57 Å². The summed E-state index contributed by atoms with van der Waals surface area (Å²) in [5.41, 5.74) is 8.85. The maximum absolute atomic E-state index is 6.54. The van der Waals surface area contributed by atoms with Crippen LogP contribution in [0.15, 0.2) is 114 Å². The minimum Gasteiger partial charge on any atom is -0.455 e. The van der Waals surface area contributed by atoms with Crippen molar-refractivity contribution >= 4 is 33.1 Å². The Kier molecular flexibility index (Phi) is 4.33. The van der Waals surface area contributed by atoms with E-state index in [9.17, 15) is 0 Å². The topological polar surface area (TPSA) is 43.9 Å². The van der Waals surface area contributed by atoms with Crippen molar-refractivity contribution in [2.45, 2.75) is 6.92 Å². The fourth-order valence-corrected chi connectivity index (χ4v) is 4.94. The van der Waals surface area contributed by atoms with Crippen LogP contribution in [0.2, 0.25) is 0 Å². The molecule has 7 rings (SSSR count). The Labute approximate surface area is 202 Å². The predicted molar refractivity (Wildman–Crippen MR) is 142 cm³/mol. The minimum atomic E-state index is 0.725. The number of rotatable bonds is 3. The summed E-state index contributed by atoms with van der Waals surface area (Å²) in [6.45, 7) is 2.10. The van der Waals surface area contributed by atoms with E-state index in [2.05, 4.69) is 89.3 Å². The fourth-order valence-electron chi connectivity index (χ4n) is 4.94. The predicted octanol–water partition coefficient (Wildman–Crippen LogP) is 7.96. The van der Waals surface area contributed by atoms with Crippen LogP contribution in [-0.4, -0.2) is 14.5 Å². The van der Waals surface area contributed by atoms with Crippen molar-refractivity contribution in [3.8, 4) is 28.2 Å². The van der Waals surface area contributed by atoms with E-state index in [0.29, 0.717) is 0 Å². The number of hydrogen-bond acceptors (Lipinski definition) is 3. The summed E-state index contributed by atoms with van der Waals surface area (Å²) in [6, 6.07) is 35.4. The van der Waals surface area contributed by atoms with Gasteiger partial charge in [0.2, 0.25) is 0 Å². The van der Waals surface area contributed by atoms with Gasteiger partial charge in [0.25, 0.3) is 0 Å². The zero-order valence-electron chi connectivity index (χ0n) is 19.1. The first-order chi connectivity index (χ1) is 17.3. The molecule has 0 aliphatic heterocycles. The highest BCUT2D eigenvalue weighted by atomic mass is 16.3. The Morgan fingerprint density at radius 3 is 2.34 bits per heavy atom. The van der Waals surface area contributed by atoms with Crippen LogP contribution in [0.3, 0.4) is 0 Å². The highest BCUT2D eigenvalue weighted by Crippen LogP contribution is 2.39. The lowest BCUT2D eigenvalue weighted by molar-refractivity contribution is 0.669. The number of benzene rings is 4. The van der Waals surface area contributed by atoms with E-state index in [1.165, 1.54) is 5.56 Å². The normalized spacial score (nSPS) is 11.6. The largest absolute Gasteiger partial charge is 0.455 e. The van der Waals surface area contributed by atoms with Gasteiger partial charge in [-0.25, -0.2) is 9.97 Å². The number of pyridine rings is 1. The third-order valence-electron chi connectivity index (χ3n) is 6.62. The van der Waals surface area contributed by atoms with Crippen LogP contribution in [0.4, 0.5) is 0 Å². The first-order valence-electron chi connectivity index (χ1n) is 11.7. The van der Waals surface area contributed by atoms with Crippen molar-refractivity contribution in [2.24, 2.45) is 0 Å². The lowest BCUT2D eigenvalue weighted by atomic mass is 10.0. The van der Waals surface area contributed by atoms with Crippen molar-refractivity contribution in [3.05, 3.63) is 115 Å². The number of furan rings is 1. The van der Waals surface area contributed by atoms with Gasteiger partial charge in [0, 0.05) is 22.7 Å². The average molecular weight is 452 g/mol. The molecule has 166 valence electrons. The second-order valence-electron chi connectivity index (χ2n) is 8.77. The minimum absolute atomic E-state index is 0.725. The van der Waals surface area contributed by atoms with Gasteiger partial charge in [0.15, 0.2) is 11.5 Å². The summed E-state index contributed by atoms with van der Waals surface area (Å²) in [7, 11) is 0. The molecule has 0 unspecified atom stereocenters. The number of nitrogens with zero attached hydrogens (tertiary/aromatic N) is 3. The number of fused-ring (bicyclic) bond motifs is 4. The number of aryl methyl sites for hydroxylation is 1. The number of aromatic nitrogens is 3. The molecule has 0 amide bonds. The van der Waals surface area contributed by atoms with E-state index in [4.69, 9.17) is 9.40 Å². The third-order valence-corrected chi connectivity index (χ3v) is 6.62. The van der Waals surface area contributed by atoms with Crippen LogP contribution in [0.5, 0.6) is 0 Å². The molecule has 0 N–H and O–H groups in total. The Morgan fingerprint density at radius 2 is 1.51 bits per heavy atom. The lowest BCUT2D eigenvalue weighted by Gasteiger charge is -2.10. The molecule has 7 aromatic rings. The Hall–Kier alpha value is -4.70. The lowest BCUT2D eigenvalue weighted by Crippen LogP contribution is -1.98. The van der Waals surface area contributed by atoms with Gasteiger partial charge in [-0.15, -0.1) is 0 Å². The molecule has 0 fully saturated rings. The average Bonchev–Trinajstić information content (AvgIpc) is 3.49. The summed E-state index contributed by atoms with van der Waals surface area (Å²) >= 11 is 0. The van der Waals surface area contributed by atoms with E-state index in [1.54, 1.807) is 0 Å². The molecule has 0 spiro atoms. The molecule has 3 heterocycles. The third kappa shape index (κ3) is 3.07. The zero-order valence-corrected chi connectivity index (χ0v) is 19.1. The molecule has 4 aromatic carbocycles. The van der Waals surface area contributed by atoms with Crippen LogP contribution in [0.25, 0.3) is 61.3 Å². The van der Waals surface area contributed by atoms with Gasteiger partial charge in [-0.2, -0.15) is 0 Å². The molecule has 0 bridgehead atoms. The molecule has 3 aromatic heterocycles. The molecule has 0 saturated heterocycles. The quantitative estimate of drug-likeness (QED) is 0.274. The molecule has 35 heavy (non-hydrogen) atoms. The number of para-hydroxylation sites is 2. The second-order valence-corrected chi connectivity index (χ2v) is 8.77. The van der Waals surface area contributed by atoms with Crippen LogP contribution in [0, 0.1) is 6.92 Å². The molecular weight excluding hydrogens is 430 g/mol. The van der Waals surface area contributed by atoms with Crippen molar-refractivity contribution in [2.75, 3.05) is 0 Å². The van der Waals surface area contributed by atoms with Gasteiger partial charge in [-0.1, -0.05) is 66.7 Å². The molecule has 0 aliphatic rings. The monoisotopic (exact) mass is 451 g/mol. The molecule has 0 atom stereocenters. The van der Waals surface area contributed by atoms with Gasteiger partial charge >= 0.3 is 0 Å². The van der Waals surface area contributed by atoms with Gasteiger partial charge in [0.05, 0.1) is 11.1 Å². The van der Waals surface area contributed by atoms with Crippen molar-refractivity contribution in [1.82, 2.24) is 14.5 Å². The maximum Gasteiger partial charge on any atom is 0.178 e. The number of imidazole rings is 1. The van der Waals surface area contributed by atoms with Gasteiger partial charge in [-0.05, 0) is 60.0 Å². The van der Waals surface area contributed by atoms with E-state index in [-0.39, 0.29) is 0 Å². The van der Waals surface area contributed by atoms with Gasteiger partial charge in [0.1, 0.15) is 11.2 Å². The standard InChI is InChI=1S/C31H21N3O/c1-20-17-18-32-30-28(20)34(23-11-6-3-7-12-23)31(33-30)26-14-8-13-25-24-16-15-22(19-27(24)35-29(25)26)21-9-4-2-5-10-21/h2-19H,1H3. The van der Waals surface area contributed by atoms with Crippen LogP contribution in [-0.2, 0) is 0 Å². The molecule has 0 radical (unpaired) electrons. The molecule has 4 nitrogen and oxygen atoms in total. The Bertz CT molecular complexity index is 1850. The molecular formula is C31H21N3O. The van der Waals surface area contributed by atoms with E-state index in [0.717, 1.165) is 61.3 Å². The summed E-state index contributed by atoms with van der Waals surface area (Å²) in [6.07, 6.45) is 1.82. The Morgan fingerprint density at radius 1 is 0.714 bits per heavy atom. The number of hydrogen-bond donors (Lipinski definition) is 0. The van der Waals surface area contributed by atoms with Crippen LogP contribution < -0.4 is 0 Å². The maximum atomic E-state index is 6.54. The molecule has 0 saturated carbocycles. The van der Waals surface area contributed by atoms with Crippen molar-refractivity contribution in [1.29, 1.82) is 0 Å². The molecule has 0 aliphatic carbocycles.